The van der Waals surface area contributed by atoms with E-state index in [1.54, 1.807) is 0 Å². The molecule has 2 amide bonds. The van der Waals surface area contributed by atoms with Crippen LogP contribution >= 0.6 is 0 Å². The zero-order chi connectivity index (χ0) is 15.1. The number of likely N-dealkylation sites (tertiary alicyclic amines) is 1. The van der Waals surface area contributed by atoms with Crippen molar-refractivity contribution in [2.75, 3.05) is 24.5 Å². The number of nitrogens with zero attached hydrogens (tertiary/aromatic N) is 2. The monoisotopic (exact) mass is 298 g/mol. The van der Waals surface area contributed by atoms with Crippen molar-refractivity contribution in [2.45, 2.75) is 38.5 Å². The Bertz CT molecular complexity index is 616. The first kappa shape index (κ1) is 13.8. The fourth-order valence-electron chi connectivity index (χ4n) is 3.74. The van der Waals surface area contributed by atoms with Crippen LogP contribution < -0.4 is 4.90 Å². The smallest absolute Gasteiger partial charge is 0.253 e. The van der Waals surface area contributed by atoms with Gasteiger partial charge in [0.2, 0.25) is 5.91 Å². The SMILES string of the molecule is O=C(c1ccc2c(c1)CCN2C(=O)C1CCC1)N1CCCC1. The van der Waals surface area contributed by atoms with Gasteiger partial charge < -0.3 is 9.80 Å². The minimum absolute atomic E-state index is 0.143. The molecule has 1 aromatic rings. The normalized spacial score (nSPS) is 20.9. The van der Waals surface area contributed by atoms with Gasteiger partial charge in [0.1, 0.15) is 0 Å². The fraction of sp³-hybridized carbons (Fsp3) is 0.556. The van der Waals surface area contributed by atoms with Crippen LogP contribution in [0.1, 0.15) is 48.0 Å². The second-order valence-corrected chi connectivity index (χ2v) is 6.71. The topological polar surface area (TPSA) is 40.6 Å². The fourth-order valence-corrected chi connectivity index (χ4v) is 3.74. The molecule has 2 heterocycles. The van der Waals surface area contributed by atoms with E-state index in [0.29, 0.717) is 0 Å². The lowest BCUT2D eigenvalue weighted by molar-refractivity contribution is -0.124. The minimum atomic E-state index is 0.143. The standard InChI is InChI=1S/C18H22N2O2/c21-17(19-9-1-2-10-19)15-6-7-16-14(12-15)8-11-20(16)18(22)13-4-3-5-13/h6-7,12-13H,1-5,8-11H2. The van der Waals surface area contributed by atoms with Gasteiger partial charge >= 0.3 is 0 Å². The lowest BCUT2D eigenvalue weighted by Crippen LogP contribution is -2.37. The molecular weight excluding hydrogens is 276 g/mol. The predicted molar refractivity (Wildman–Crippen MR) is 85.0 cm³/mol. The maximum absolute atomic E-state index is 12.5. The number of benzene rings is 1. The van der Waals surface area contributed by atoms with Crippen molar-refractivity contribution < 1.29 is 9.59 Å². The molecule has 4 nitrogen and oxygen atoms in total. The van der Waals surface area contributed by atoms with Gasteiger partial charge in [0.25, 0.3) is 5.91 Å². The van der Waals surface area contributed by atoms with Crippen molar-refractivity contribution in [1.82, 2.24) is 4.90 Å². The molecule has 116 valence electrons. The van der Waals surface area contributed by atoms with Crippen LogP contribution in [0.5, 0.6) is 0 Å². The van der Waals surface area contributed by atoms with Crippen LogP contribution in [0.3, 0.4) is 0 Å². The summed E-state index contributed by atoms with van der Waals surface area (Å²) in [5.41, 5.74) is 2.95. The van der Waals surface area contributed by atoms with Gasteiger partial charge in [-0.1, -0.05) is 6.42 Å². The lowest BCUT2D eigenvalue weighted by atomic mass is 9.84. The summed E-state index contributed by atoms with van der Waals surface area (Å²) in [7, 11) is 0. The highest BCUT2D eigenvalue weighted by Gasteiger charge is 2.33. The highest BCUT2D eigenvalue weighted by molar-refractivity contribution is 5.99. The molecule has 0 atom stereocenters. The van der Waals surface area contributed by atoms with Crippen molar-refractivity contribution in [3.63, 3.8) is 0 Å². The van der Waals surface area contributed by atoms with Gasteiger partial charge in [-0.05, 0) is 55.9 Å². The van der Waals surface area contributed by atoms with E-state index < -0.39 is 0 Å². The van der Waals surface area contributed by atoms with E-state index >= 15 is 0 Å². The van der Waals surface area contributed by atoms with Gasteiger partial charge in [-0.2, -0.15) is 0 Å². The Hall–Kier alpha value is -1.84. The number of hydrogen-bond acceptors (Lipinski definition) is 2. The van der Waals surface area contributed by atoms with Gasteiger partial charge in [0.15, 0.2) is 0 Å². The van der Waals surface area contributed by atoms with E-state index in [4.69, 9.17) is 0 Å². The summed E-state index contributed by atoms with van der Waals surface area (Å²) in [6, 6.07) is 5.87. The molecule has 1 saturated carbocycles. The number of amides is 2. The van der Waals surface area contributed by atoms with Crippen LogP contribution in [-0.2, 0) is 11.2 Å². The Kier molecular flexibility index (Phi) is 3.40. The first-order valence-corrected chi connectivity index (χ1v) is 8.47. The molecular formula is C18H22N2O2. The highest BCUT2D eigenvalue weighted by Crippen LogP contribution is 2.35. The van der Waals surface area contributed by atoms with Gasteiger partial charge in [-0.25, -0.2) is 0 Å². The Labute approximate surface area is 131 Å². The average Bonchev–Trinajstić information content (AvgIpc) is 3.13. The summed E-state index contributed by atoms with van der Waals surface area (Å²) < 4.78 is 0. The Morgan fingerprint density at radius 1 is 1.00 bits per heavy atom. The molecule has 0 aromatic heterocycles. The molecule has 3 aliphatic rings. The zero-order valence-electron chi connectivity index (χ0n) is 12.9. The highest BCUT2D eigenvalue weighted by atomic mass is 16.2. The Balaban J connectivity index is 1.55. The number of fused-ring (bicyclic) bond motifs is 1. The third kappa shape index (κ3) is 2.21. The molecule has 0 unspecified atom stereocenters. The number of carbonyl (C=O) groups is 2. The molecule has 1 aliphatic carbocycles. The third-order valence-corrected chi connectivity index (χ3v) is 5.34. The number of carbonyl (C=O) groups excluding carboxylic acids is 2. The molecule has 2 fully saturated rings. The van der Waals surface area contributed by atoms with Crippen LogP contribution in [0.15, 0.2) is 18.2 Å². The van der Waals surface area contributed by atoms with E-state index in [1.165, 1.54) is 6.42 Å². The summed E-state index contributed by atoms with van der Waals surface area (Å²) in [5.74, 6) is 0.657. The Morgan fingerprint density at radius 3 is 2.45 bits per heavy atom. The van der Waals surface area contributed by atoms with Crippen LogP contribution in [-0.4, -0.2) is 36.3 Å². The first-order valence-electron chi connectivity index (χ1n) is 8.47. The van der Waals surface area contributed by atoms with Crippen LogP contribution in [0.2, 0.25) is 0 Å². The van der Waals surface area contributed by atoms with E-state index in [-0.39, 0.29) is 17.7 Å². The van der Waals surface area contributed by atoms with E-state index in [2.05, 4.69) is 0 Å². The van der Waals surface area contributed by atoms with Crippen LogP contribution in [0.25, 0.3) is 0 Å². The Morgan fingerprint density at radius 2 is 1.77 bits per heavy atom. The summed E-state index contributed by atoms with van der Waals surface area (Å²) in [6.45, 7) is 2.52. The van der Waals surface area contributed by atoms with Crippen molar-refractivity contribution >= 4 is 17.5 Å². The van der Waals surface area contributed by atoms with Crippen molar-refractivity contribution in [3.8, 4) is 0 Å². The van der Waals surface area contributed by atoms with E-state index in [1.807, 2.05) is 28.0 Å². The second kappa shape index (κ2) is 5.41. The molecule has 4 heteroatoms. The molecule has 0 N–H and O–H groups in total. The van der Waals surface area contributed by atoms with Crippen molar-refractivity contribution in [1.29, 1.82) is 0 Å². The molecule has 0 bridgehead atoms. The quantitative estimate of drug-likeness (QED) is 0.842. The number of rotatable bonds is 2. The van der Waals surface area contributed by atoms with Gasteiger partial charge in [-0.3, -0.25) is 9.59 Å². The summed E-state index contributed by atoms with van der Waals surface area (Å²) in [4.78, 5) is 28.8. The molecule has 1 aromatic carbocycles. The average molecular weight is 298 g/mol. The first-order chi connectivity index (χ1) is 10.7. The molecule has 22 heavy (non-hydrogen) atoms. The van der Waals surface area contributed by atoms with Gasteiger partial charge in [0.05, 0.1) is 0 Å². The summed E-state index contributed by atoms with van der Waals surface area (Å²) >= 11 is 0. The number of hydrogen-bond donors (Lipinski definition) is 0. The van der Waals surface area contributed by atoms with E-state index in [9.17, 15) is 9.59 Å². The molecule has 4 rings (SSSR count). The van der Waals surface area contributed by atoms with Crippen LogP contribution in [0, 0.1) is 5.92 Å². The second-order valence-electron chi connectivity index (χ2n) is 6.71. The number of anilines is 1. The third-order valence-electron chi connectivity index (χ3n) is 5.34. The molecule has 0 spiro atoms. The molecule has 2 aliphatic heterocycles. The summed E-state index contributed by atoms with van der Waals surface area (Å²) in [6.07, 6.45) is 6.35. The van der Waals surface area contributed by atoms with Crippen molar-refractivity contribution in [2.24, 2.45) is 5.92 Å². The van der Waals surface area contributed by atoms with E-state index in [0.717, 1.165) is 68.6 Å². The lowest BCUT2D eigenvalue weighted by Gasteiger charge is -2.29. The maximum Gasteiger partial charge on any atom is 0.253 e. The van der Waals surface area contributed by atoms with Gasteiger partial charge in [-0.15, -0.1) is 0 Å². The van der Waals surface area contributed by atoms with Gasteiger partial charge in [0, 0.05) is 36.8 Å². The molecule has 0 radical (unpaired) electrons. The van der Waals surface area contributed by atoms with Crippen molar-refractivity contribution in [3.05, 3.63) is 29.3 Å². The molecule has 1 saturated heterocycles. The predicted octanol–water partition coefficient (Wildman–Crippen LogP) is 2.61. The van der Waals surface area contributed by atoms with Crippen LogP contribution in [0.4, 0.5) is 5.69 Å². The zero-order valence-corrected chi connectivity index (χ0v) is 12.9. The minimum Gasteiger partial charge on any atom is -0.339 e. The summed E-state index contributed by atoms with van der Waals surface area (Å²) in [5, 5.41) is 0. The largest absolute Gasteiger partial charge is 0.339 e. The maximum atomic E-state index is 12.5.